The fourth-order valence-electron chi connectivity index (χ4n) is 3.19. The van der Waals surface area contributed by atoms with Gasteiger partial charge in [-0.05, 0) is 49.2 Å². The molecule has 0 spiro atoms. The van der Waals surface area contributed by atoms with Gasteiger partial charge in [0.2, 0.25) is 10.0 Å². The summed E-state index contributed by atoms with van der Waals surface area (Å²) in [5, 5.41) is 4.82. The number of benzene rings is 2. The molecule has 2 heterocycles. The van der Waals surface area contributed by atoms with Crippen LogP contribution in [0.5, 0.6) is 0 Å². The largest absolute Gasteiger partial charge is 0.355 e. The van der Waals surface area contributed by atoms with E-state index in [0.29, 0.717) is 23.0 Å². The van der Waals surface area contributed by atoms with Gasteiger partial charge in [-0.2, -0.15) is 4.31 Å². The summed E-state index contributed by atoms with van der Waals surface area (Å²) < 4.78 is 26.7. The molecule has 0 atom stereocenters. The second-order valence-corrected chi connectivity index (χ2v) is 8.60. The van der Waals surface area contributed by atoms with Crippen LogP contribution in [0.3, 0.4) is 0 Å². The molecule has 0 unspecified atom stereocenters. The summed E-state index contributed by atoms with van der Waals surface area (Å²) in [5.41, 5.74) is 2.40. The Morgan fingerprint density at radius 2 is 1.73 bits per heavy atom. The summed E-state index contributed by atoms with van der Waals surface area (Å²) in [6, 6.07) is 14.3. The van der Waals surface area contributed by atoms with Crippen molar-refractivity contribution in [3.63, 3.8) is 0 Å². The number of rotatable bonds is 4. The minimum absolute atomic E-state index is 0.326. The van der Waals surface area contributed by atoms with Crippen LogP contribution in [0.2, 0.25) is 5.02 Å². The molecule has 1 fully saturated rings. The predicted octanol–water partition coefficient (Wildman–Crippen LogP) is 4.42. The van der Waals surface area contributed by atoms with Crippen LogP contribution < -0.4 is 5.32 Å². The predicted molar refractivity (Wildman–Crippen MR) is 104 cm³/mol. The third-order valence-corrected chi connectivity index (χ3v) is 6.78. The summed E-state index contributed by atoms with van der Waals surface area (Å²) in [4.78, 5) is 4.64. The van der Waals surface area contributed by atoms with Crippen molar-refractivity contribution in [1.82, 2.24) is 9.29 Å². The maximum atomic E-state index is 12.6. The minimum Gasteiger partial charge on any atom is -0.355 e. The quantitative estimate of drug-likeness (QED) is 0.720. The van der Waals surface area contributed by atoms with Crippen molar-refractivity contribution >= 4 is 43.9 Å². The van der Waals surface area contributed by atoms with Crippen LogP contribution in [0.1, 0.15) is 12.8 Å². The SMILES string of the molecule is O=S(=O)(c1ccc(Nc2ccnc3c(Cl)cccc23)cc1)N1CCCC1. The van der Waals surface area contributed by atoms with Crippen LogP contribution in [0.25, 0.3) is 10.9 Å². The molecule has 7 heteroatoms. The highest BCUT2D eigenvalue weighted by Gasteiger charge is 2.26. The molecule has 5 nitrogen and oxygen atoms in total. The summed E-state index contributed by atoms with van der Waals surface area (Å²) in [6.07, 6.45) is 3.55. The van der Waals surface area contributed by atoms with Gasteiger partial charge in [0, 0.05) is 36.0 Å². The fourth-order valence-corrected chi connectivity index (χ4v) is 4.93. The molecular weight excluding hydrogens is 370 g/mol. The van der Waals surface area contributed by atoms with E-state index < -0.39 is 10.0 Å². The number of hydrogen-bond acceptors (Lipinski definition) is 4. The van der Waals surface area contributed by atoms with Crippen molar-refractivity contribution in [2.24, 2.45) is 0 Å². The van der Waals surface area contributed by atoms with E-state index in [0.717, 1.165) is 35.1 Å². The van der Waals surface area contributed by atoms with E-state index in [1.54, 1.807) is 40.8 Å². The Morgan fingerprint density at radius 1 is 1.00 bits per heavy atom. The maximum absolute atomic E-state index is 12.6. The number of hydrogen-bond donors (Lipinski definition) is 1. The van der Waals surface area contributed by atoms with E-state index in [2.05, 4.69) is 10.3 Å². The number of nitrogens with one attached hydrogen (secondary N) is 1. The third-order valence-electron chi connectivity index (χ3n) is 4.56. The van der Waals surface area contributed by atoms with E-state index in [1.807, 2.05) is 18.2 Å². The topological polar surface area (TPSA) is 62.3 Å². The monoisotopic (exact) mass is 387 g/mol. The molecule has 2 aromatic carbocycles. The van der Waals surface area contributed by atoms with Gasteiger partial charge in [0.05, 0.1) is 15.4 Å². The lowest BCUT2D eigenvalue weighted by Crippen LogP contribution is -2.27. The number of sulfonamides is 1. The summed E-state index contributed by atoms with van der Waals surface area (Å²) >= 11 is 6.20. The van der Waals surface area contributed by atoms with E-state index in [1.165, 1.54) is 0 Å². The number of pyridine rings is 1. The third kappa shape index (κ3) is 3.16. The van der Waals surface area contributed by atoms with Gasteiger partial charge in [-0.15, -0.1) is 0 Å². The number of halogens is 1. The van der Waals surface area contributed by atoms with Crippen molar-refractivity contribution < 1.29 is 8.42 Å². The lowest BCUT2D eigenvalue weighted by Gasteiger charge is -2.16. The van der Waals surface area contributed by atoms with E-state index in [-0.39, 0.29) is 0 Å². The number of para-hydroxylation sites is 1. The van der Waals surface area contributed by atoms with Crippen LogP contribution in [-0.2, 0) is 10.0 Å². The Bertz CT molecular complexity index is 1050. The Balaban J connectivity index is 1.62. The van der Waals surface area contributed by atoms with Gasteiger partial charge in [-0.1, -0.05) is 23.7 Å². The lowest BCUT2D eigenvalue weighted by atomic mass is 10.2. The summed E-state index contributed by atoms with van der Waals surface area (Å²) in [6.45, 7) is 1.21. The first-order valence-corrected chi connectivity index (χ1v) is 10.3. The van der Waals surface area contributed by atoms with Gasteiger partial charge in [0.15, 0.2) is 0 Å². The first-order chi connectivity index (χ1) is 12.6. The molecule has 3 aromatic rings. The zero-order valence-electron chi connectivity index (χ0n) is 14.0. The average Bonchev–Trinajstić information content (AvgIpc) is 3.19. The molecule has 26 heavy (non-hydrogen) atoms. The highest BCUT2D eigenvalue weighted by molar-refractivity contribution is 7.89. The van der Waals surface area contributed by atoms with Crippen LogP contribution in [0.15, 0.2) is 59.6 Å². The molecule has 0 saturated carbocycles. The molecule has 1 saturated heterocycles. The maximum Gasteiger partial charge on any atom is 0.243 e. The zero-order chi connectivity index (χ0) is 18.1. The van der Waals surface area contributed by atoms with Crippen LogP contribution in [0, 0.1) is 0 Å². The van der Waals surface area contributed by atoms with Gasteiger partial charge < -0.3 is 5.32 Å². The second-order valence-electron chi connectivity index (χ2n) is 6.26. The Morgan fingerprint density at radius 3 is 2.46 bits per heavy atom. The summed E-state index contributed by atoms with van der Waals surface area (Å²) in [7, 11) is -3.39. The van der Waals surface area contributed by atoms with E-state index >= 15 is 0 Å². The first kappa shape index (κ1) is 17.3. The Hall–Kier alpha value is -2.15. The van der Waals surface area contributed by atoms with Gasteiger partial charge in [0.1, 0.15) is 0 Å². The summed E-state index contributed by atoms with van der Waals surface area (Å²) in [5.74, 6) is 0. The smallest absolute Gasteiger partial charge is 0.243 e. The minimum atomic E-state index is -3.39. The van der Waals surface area contributed by atoms with Gasteiger partial charge in [-0.3, -0.25) is 4.98 Å². The van der Waals surface area contributed by atoms with Crippen LogP contribution >= 0.6 is 11.6 Å². The highest BCUT2D eigenvalue weighted by Crippen LogP contribution is 2.30. The zero-order valence-corrected chi connectivity index (χ0v) is 15.6. The fraction of sp³-hybridized carbons (Fsp3) is 0.211. The second kappa shape index (κ2) is 6.87. The molecule has 134 valence electrons. The Labute approximate surface area is 157 Å². The van der Waals surface area contributed by atoms with E-state index in [4.69, 9.17) is 11.6 Å². The lowest BCUT2D eigenvalue weighted by molar-refractivity contribution is 0.477. The molecule has 0 bridgehead atoms. The van der Waals surface area contributed by atoms with Gasteiger partial charge in [-0.25, -0.2) is 8.42 Å². The Kier molecular flexibility index (Phi) is 4.56. The number of anilines is 2. The molecule has 0 radical (unpaired) electrons. The molecule has 4 rings (SSSR count). The highest BCUT2D eigenvalue weighted by atomic mass is 35.5. The average molecular weight is 388 g/mol. The van der Waals surface area contributed by atoms with Crippen molar-refractivity contribution in [3.05, 3.63) is 59.8 Å². The van der Waals surface area contributed by atoms with E-state index in [9.17, 15) is 8.42 Å². The number of aromatic nitrogens is 1. The van der Waals surface area contributed by atoms with Crippen LogP contribution in [-0.4, -0.2) is 30.8 Å². The molecule has 1 aliphatic rings. The number of fused-ring (bicyclic) bond motifs is 1. The normalized spacial score (nSPS) is 15.4. The number of nitrogens with zero attached hydrogens (tertiary/aromatic N) is 2. The molecule has 1 aliphatic heterocycles. The van der Waals surface area contributed by atoms with Crippen molar-refractivity contribution in [1.29, 1.82) is 0 Å². The molecule has 1 N–H and O–H groups in total. The molecule has 1 aromatic heterocycles. The van der Waals surface area contributed by atoms with Crippen molar-refractivity contribution in [2.45, 2.75) is 17.7 Å². The molecular formula is C19H18ClN3O2S. The van der Waals surface area contributed by atoms with Crippen molar-refractivity contribution in [2.75, 3.05) is 18.4 Å². The molecule has 0 amide bonds. The van der Waals surface area contributed by atoms with Crippen LogP contribution in [0.4, 0.5) is 11.4 Å². The first-order valence-electron chi connectivity index (χ1n) is 8.46. The van der Waals surface area contributed by atoms with Gasteiger partial charge >= 0.3 is 0 Å². The standard InChI is InChI=1S/C19H18ClN3O2S/c20-17-5-3-4-16-18(10-11-21-19(16)17)22-14-6-8-15(9-7-14)26(24,25)23-12-1-2-13-23/h3-11H,1-2,12-13H2,(H,21,22). The van der Waals surface area contributed by atoms with Gasteiger partial charge in [0.25, 0.3) is 0 Å². The van der Waals surface area contributed by atoms with Crippen molar-refractivity contribution in [3.8, 4) is 0 Å². The molecule has 0 aliphatic carbocycles.